The molecule has 0 aromatic carbocycles. The molecule has 0 saturated carbocycles. The molecule has 2 N–H and O–H groups in total. The van der Waals surface area contributed by atoms with Crippen LogP contribution in [0.25, 0.3) is 0 Å². The quantitative estimate of drug-likeness (QED) is 0.665. The Morgan fingerprint density at radius 3 is 1.62 bits per heavy atom. The van der Waals surface area contributed by atoms with Crippen LogP contribution in [-0.4, -0.2) is 29.0 Å². The van der Waals surface area contributed by atoms with Crippen LogP contribution in [-0.2, 0) is 0 Å². The molecule has 2 nitrogen and oxygen atoms in total. The Morgan fingerprint density at radius 2 is 1.38 bits per heavy atom. The third-order valence-corrected chi connectivity index (χ3v) is 3.29. The van der Waals surface area contributed by atoms with Crippen LogP contribution in [0.5, 0.6) is 0 Å². The van der Waals surface area contributed by atoms with E-state index in [0.717, 1.165) is 24.9 Å². The zero-order chi connectivity index (χ0) is 12.7. The van der Waals surface area contributed by atoms with Gasteiger partial charge in [0.15, 0.2) is 0 Å². The van der Waals surface area contributed by atoms with Crippen molar-refractivity contribution >= 4 is 17.2 Å². The van der Waals surface area contributed by atoms with Crippen molar-refractivity contribution in [3.8, 4) is 0 Å². The smallest absolute Gasteiger partial charge is 0.0899 e. The standard InChI is InChI=1S/C13H28N2S/c1-10(2)6-8-15(9-7-11(3)4)12(5)13(14)16/h10-12H,6-9H2,1-5H3,(H2,14,16). The van der Waals surface area contributed by atoms with Gasteiger partial charge in [0.1, 0.15) is 0 Å². The van der Waals surface area contributed by atoms with E-state index in [4.69, 9.17) is 18.0 Å². The summed E-state index contributed by atoms with van der Waals surface area (Å²) in [4.78, 5) is 3.04. The number of rotatable bonds is 8. The molecule has 0 spiro atoms. The Morgan fingerprint density at radius 1 is 1.00 bits per heavy atom. The van der Waals surface area contributed by atoms with Crippen molar-refractivity contribution < 1.29 is 0 Å². The summed E-state index contributed by atoms with van der Waals surface area (Å²) in [5.74, 6) is 1.47. The zero-order valence-corrected chi connectivity index (χ0v) is 12.3. The molecule has 0 aromatic heterocycles. The van der Waals surface area contributed by atoms with E-state index in [1.54, 1.807) is 0 Å². The molecule has 1 atom stereocenters. The van der Waals surface area contributed by atoms with Gasteiger partial charge < -0.3 is 5.73 Å². The largest absolute Gasteiger partial charge is 0.392 e. The number of thiocarbonyl (C=S) groups is 1. The van der Waals surface area contributed by atoms with Gasteiger partial charge >= 0.3 is 0 Å². The van der Waals surface area contributed by atoms with Crippen molar-refractivity contribution in [2.24, 2.45) is 17.6 Å². The maximum Gasteiger partial charge on any atom is 0.0899 e. The van der Waals surface area contributed by atoms with Crippen molar-refractivity contribution in [3.63, 3.8) is 0 Å². The van der Waals surface area contributed by atoms with E-state index >= 15 is 0 Å². The van der Waals surface area contributed by atoms with Crippen LogP contribution in [0.3, 0.4) is 0 Å². The topological polar surface area (TPSA) is 29.3 Å². The lowest BCUT2D eigenvalue weighted by molar-refractivity contribution is 0.226. The number of nitrogens with zero attached hydrogens (tertiary/aromatic N) is 1. The number of nitrogens with two attached hydrogens (primary N) is 1. The van der Waals surface area contributed by atoms with Crippen molar-refractivity contribution in [3.05, 3.63) is 0 Å². The fraction of sp³-hybridized carbons (Fsp3) is 0.923. The second kappa shape index (κ2) is 8.02. The summed E-state index contributed by atoms with van der Waals surface area (Å²) in [5, 5.41) is 0. The number of hydrogen-bond acceptors (Lipinski definition) is 2. The summed E-state index contributed by atoms with van der Waals surface area (Å²) in [6, 6.07) is 0.229. The van der Waals surface area contributed by atoms with Gasteiger partial charge in [0.2, 0.25) is 0 Å². The Hall–Kier alpha value is -0.150. The molecule has 0 heterocycles. The Bertz CT molecular complexity index is 190. The second-order valence-corrected chi connectivity index (χ2v) is 5.95. The average molecular weight is 244 g/mol. The maximum absolute atomic E-state index is 5.74. The number of hydrogen-bond donors (Lipinski definition) is 1. The van der Waals surface area contributed by atoms with E-state index < -0.39 is 0 Å². The predicted octanol–water partition coefficient (Wildman–Crippen LogP) is 3.06. The van der Waals surface area contributed by atoms with Crippen LogP contribution in [0, 0.1) is 11.8 Å². The SMILES string of the molecule is CC(C)CCN(CCC(C)C)C(C)C(N)=S. The third kappa shape index (κ3) is 7.18. The Balaban J connectivity index is 4.20. The van der Waals surface area contributed by atoms with Gasteiger partial charge in [0.05, 0.1) is 11.0 Å². The fourth-order valence-corrected chi connectivity index (χ4v) is 1.68. The highest BCUT2D eigenvalue weighted by molar-refractivity contribution is 7.80. The summed E-state index contributed by atoms with van der Waals surface area (Å²) in [5.41, 5.74) is 5.74. The monoisotopic (exact) mass is 244 g/mol. The highest BCUT2D eigenvalue weighted by Crippen LogP contribution is 2.10. The normalized spacial score (nSPS) is 13.8. The molecule has 0 rings (SSSR count). The minimum Gasteiger partial charge on any atom is -0.392 e. The summed E-state index contributed by atoms with van der Waals surface area (Å²) >= 11 is 5.09. The molecule has 96 valence electrons. The van der Waals surface area contributed by atoms with E-state index in [9.17, 15) is 0 Å². The first kappa shape index (κ1) is 15.9. The molecule has 0 aliphatic rings. The van der Waals surface area contributed by atoms with Crippen LogP contribution >= 0.6 is 12.2 Å². The van der Waals surface area contributed by atoms with Crippen LogP contribution < -0.4 is 5.73 Å². The molecule has 0 fully saturated rings. The molecular formula is C13H28N2S. The summed E-state index contributed by atoms with van der Waals surface area (Å²) in [7, 11) is 0. The molecule has 3 heteroatoms. The van der Waals surface area contributed by atoms with E-state index in [1.165, 1.54) is 12.8 Å². The van der Waals surface area contributed by atoms with Gasteiger partial charge in [-0.25, -0.2) is 0 Å². The average Bonchev–Trinajstić information content (AvgIpc) is 2.16. The van der Waals surface area contributed by atoms with Crippen LogP contribution in [0.15, 0.2) is 0 Å². The van der Waals surface area contributed by atoms with Crippen molar-refractivity contribution in [1.82, 2.24) is 4.90 Å². The molecular weight excluding hydrogens is 216 g/mol. The van der Waals surface area contributed by atoms with Gasteiger partial charge in [-0.1, -0.05) is 39.9 Å². The minimum atomic E-state index is 0.229. The first-order valence-corrected chi connectivity index (χ1v) is 6.78. The van der Waals surface area contributed by atoms with Crippen LogP contribution in [0.4, 0.5) is 0 Å². The third-order valence-electron chi connectivity index (χ3n) is 2.95. The van der Waals surface area contributed by atoms with Crippen molar-refractivity contribution in [2.45, 2.75) is 53.5 Å². The van der Waals surface area contributed by atoms with Gasteiger partial charge in [-0.05, 0) is 44.7 Å². The lowest BCUT2D eigenvalue weighted by Gasteiger charge is -2.29. The van der Waals surface area contributed by atoms with E-state index in [-0.39, 0.29) is 6.04 Å². The lowest BCUT2D eigenvalue weighted by atomic mass is 10.1. The minimum absolute atomic E-state index is 0.229. The Kier molecular flexibility index (Phi) is 7.94. The molecule has 0 bridgehead atoms. The maximum atomic E-state index is 5.74. The first-order valence-electron chi connectivity index (χ1n) is 6.38. The molecule has 0 radical (unpaired) electrons. The van der Waals surface area contributed by atoms with Crippen molar-refractivity contribution in [1.29, 1.82) is 0 Å². The Labute approximate surface area is 107 Å². The molecule has 0 aliphatic heterocycles. The second-order valence-electron chi connectivity index (χ2n) is 5.48. The molecule has 0 saturated heterocycles. The van der Waals surface area contributed by atoms with Gasteiger partial charge in [0.25, 0.3) is 0 Å². The van der Waals surface area contributed by atoms with Crippen molar-refractivity contribution in [2.75, 3.05) is 13.1 Å². The highest BCUT2D eigenvalue weighted by Gasteiger charge is 2.16. The summed E-state index contributed by atoms with van der Waals surface area (Å²) < 4.78 is 0. The van der Waals surface area contributed by atoms with Gasteiger partial charge in [-0.3, -0.25) is 4.90 Å². The first-order chi connectivity index (χ1) is 7.34. The zero-order valence-electron chi connectivity index (χ0n) is 11.5. The summed E-state index contributed by atoms with van der Waals surface area (Å²) in [6.45, 7) is 13.3. The van der Waals surface area contributed by atoms with E-state index in [1.807, 2.05) is 0 Å². The molecule has 1 unspecified atom stereocenters. The molecule has 0 aliphatic carbocycles. The van der Waals surface area contributed by atoms with Gasteiger partial charge in [-0.15, -0.1) is 0 Å². The fourth-order valence-electron chi connectivity index (χ4n) is 1.53. The van der Waals surface area contributed by atoms with E-state index in [0.29, 0.717) is 4.99 Å². The lowest BCUT2D eigenvalue weighted by Crippen LogP contribution is -2.43. The van der Waals surface area contributed by atoms with Crippen LogP contribution in [0.2, 0.25) is 0 Å². The van der Waals surface area contributed by atoms with Gasteiger partial charge in [0, 0.05) is 0 Å². The summed E-state index contributed by atoms with van der Waals surface area (Å²) in [6.07, 6.45) is 2.43. The molecule has 16 heavy (non-hydrogen) atoms. The molecule has 0 aromatic rings. The molecule has 0 amide bonds. The van der Waals surface area contributed by atoms with E-state index in [2.05, 4.69) is 39.5 Å². The highest BCUT2D eigenvalue weighted by atomic mass is 32.1. The predicted molar refractivity (Wildman–Crippen MR) is 76.7 cm³/mol. The van der Waals surface area contributed by atoms with Gasteiger partial charge in [-0.2, -0.15) is 0 Å². The van der Waals surface area contributed by atoms with Crippen LogP contribution in [0.1, 0.15) is 47.5 Å².